The first-order valence-electron chi connectivity index (χ1n) is 5.83. The fraction of sp³-hybridized carbons (Fsp3) is 0.417. The van der Waals surface area contributed by atoms with E-state index in [9.17, 15) is 9.18 Å². The van der Waals surface area contributed by atoms with Crippen LogP contribution in [0.3, 0.4) is 0 Å². The normalized spacial score (nSPS) is 18.8. The van der Waals surface area contributed by atoms with Gasteiger partial charge >= 0.3 is 0 Å². The summed E-state index contributed by atoms with van der Waals surface area (Å²) >= 11 is 0.936. The number of hydrogen-bond donors (Lipinski definition) is 1. The molecule has 2 rings (SSSR count). The predicted molar refractivity (Wildman–Crippen MR) is 69.9 cm³/mol. The predicted octanol–water partition coefficient (Wildman–Crippen LogP) is 1.72. The van der Waals surface area contributed by atoms with Crippen LogP contribution in [0.4, 0.5) is 10.1 Å². The minimum absolute atomic E-state index is 0.203. The molecule has 0 bridgehead atoms. The molecule has 1 aromatic carbocycles. The smallest absolute Gasteiger partial charge is 0.222 e. The Morgan fingerprint density at radius 1 is 1.58 bits per heavy atom. The molecule has 1 aromatic rings. The minimum atomic E-state index is -0.352. The van der Waals surface area contributed by atoms with Gasteiger partial charge in [0.05, 0.1) is 30.8 Å². The molecular weight excluding hydrogens is 271 g/mol. The van der Waals surface area contributed by atoms with Crippen molar-refractivity contribution in [2.75, 3.05) is 25.1 Å². The van der Waals surface area contributed by atoms with Crippen LogP contribution in [-0.4, -0.2) is 26.1 Å². The molecule has 1 atom stereocenters. The molecule has 1 saturated heterocycles. The minimum Gasteiger partial charge on any atom is -0.369 e. The van der Waals surface area contributed by atoms with Crippen molar-refractivity contribution in [2.24, 2.45) is 11.7 Å². The fourth-order valence-electron chi connectivity index (χ4n) is 2.08. The second kappa shape index (κ2) is 6.23. The van der Waals surface area contributed by atoms with Crippen LogP contribution in [0.5, 0.6) is 0 Å². The van der Waals surface area contributed by atoms with Crippen molar-refractivity contribution in [3.63, 3.8) is 0 Å². The lowest BCUT2D eigenvalue weighted by Crippen LogP contribution is -2.27. The topological polar surface area (TPSA) is 64.8 Å². The van der Waals surface area contributed by atoms with E-state index in [0.717, 1.165) is 12.0 Å². The molecule has 1 heterocycles. The Bertz CT molecular complexity index is 472. The zero-order valence-corrected chi connectivity index (χ0v) is 11.3. The molecular formula is C12H15FN2O3S. The maximum Gasteiger partial charge on any atom is 0.222 e. The number of rotatable bonds is 5. The van der Waals surface area contributed by atoms with E-state index >= 15 is 0 Å². The van der Waals surface area contributed by atoms with Gasteiger partial charge in [-0.3, -0.25) is 4.79 Å². The van der Waals surface area contributed by atoms with Gasteiger partial charge in [0.1, 0.15) is 5.82 Å². The molecule has 1 aliphatic heterocycles. The van der Waals surface area contributed by atoms with Crippen LogP contribution in [-0.2, 0) is 14.0 Å². The molecule has 19 heavy (non-hydrogen) atoms. The van der Waals surface area contributed by atoms with Gasteiger partial charge in [-0.25, -0.2) is 9.28 Å². The zero-order chi connectivity index (χ0) is 13.8. The lowest BCUT2D eigenvalue weighted by molar-refractivity contribution is -0.160. The molecule has 0 unspecified atom stereocenters. The lowest BCUT2D eigenvalue weighted by atomic mass is 10.1. The van der Waals surface area contributed by atoms with Crippen molar-refractivity contribution < 1.29 is 18.4 Å². The molecule has 0 aliphatic carbocycles. The van der Waals surface area contributed by atoms with E-state index in [2.05, 4.69) is 9.22 Å². The highest BCUT2D eigenvalue weighted by Gasteiger charge is 2.28. The second-order valence-corrected chi connectivity index (χ2v) is 5.04. The summed E-state index contributed by atoms with van der Waals surface area (Å²) in [5.74, 6) is -0.885. The van der Waals surface area contributed by atoms with Gasteiger partial charge in [0.2, 0.25) is 5.91 Å². The third-order valence-corrected chi connectivity index (χ3v) is 3.70. The maximum absolute atomic E-state index is 14.0. The van der Waals surface area contributed by atoms with Crippen LogP contribution in [0.2, 0.25) is 0 Å². The van der Waals surface area contributed by atoms with Crippen LogP contribution >= 0.6 is 12.0 Å². The number of anilines is 1. The van der Waals surface area contributed by atoms with Crippen molar-refractivity contribution in [3.05, 3.63) is 24.0 Å². The monoisotopic (exact) mass is 286 g/mol. The van der Waals surface area contributed by atoms with E-state index in [1.54, 1.807) is 12.1 Å². The Morgan fingerprint density at radius 2 is 2.37 bits per heavy atom. The number of nitrogens with two attached hydrogens (primary N) is 1. The summed E-state index contributed by atoms with van der Waals surface area (Å²) in [7, 11) is 1.38. The Balaban J connectivity index is 2.07. The van der Waals surface area contributed by atoms with Crippen molar-refractivity contribution in [1.29, 1.82) is 0 Å². The molecule has 0 spiro atoms. The van der Waals surface area contributed by atoms with Crippen LogP contribution in [0.15, 0.2) is 23.1 Å². The highest BCUT2D eigenvalue weighted by Crippen LogP contribution is 2.29. The summed E-state index contributed by atoms with van der Waals surface area (Å²) < 4.78 is 18.7. The summed E-state index contributed by atoms with van der Waals surface area (Å²) in [5, 5.41) is 0. The van der Waals surface area contributed by atoms with Crippen LogP contribution < -0.4 is 10.6 Å². The van der Waals surface area contributed by atoms with Crippen molar-refractivity contribution >= 4 is 23.6 Å². The molecule has 2 N–H and O–H groups in total. The van der Waals surface area contributed by atoms with Gasteiger partial charge in [0.15, 0.2) is 0 Å². The Hall–Kier alpha value is -1.31. The van der Waals surface area contributed by atoms with E-state index in [1.165, 1.54) is 13.2 Å². The molecule has 1 fully saturated rings. The maximum atomic E-state index is 14.0. The number of primary amides is 1. The lowest BCUT2D eigenvalue weighted by Gasteiger charge is -2.19. The average Bonchev–Trinajstić information content (AvgIpc) is 2.86. The summed E-state index contributed by atoms with van der Waals surface area (Å²) in [6.45, 7) is 1.10. The highest BCUT2D eigenvalue weighted by molar-refractivity contribution is 7.94. The summed E-state index contributed by atoms with van der Waals surface area (Å²) in [4.78, 5) is 18.0. The number of amides is 1. The first-order chi connectivity index (χ1) is 9.11. The van der Waals surface area contributed by atoms with Crippen molar-refractivity contribution in [3.8, 4) is 0 Å². The number of hydrogen-bond acceptors (Lipinski definition) is 5. The van der Waals surface area contributed by atoms with Gasteiger partial charge in [-0.1, -0.05) is 0 Å². The third kappa shape index (κ3) is 3.37. The summed E-state index contributed by atoms with van der Waals surface area (Å²) in [6, 6.07) is 4.77. The zero-order valence-electron chi connectivity index (χ0n) is 10.5. The number of nitrogens with zero attached hydrogens (tertiary/aromatic N) is 1. The van der Waals surface area contributed by atoms with Crippen LogP contribution in [0, 0.1) is 11.7 Å². The summed E-state index contributed by atoms with van der Waals surface area (Å²) in [6.07, 6.45) is 0.665. The Labute approximate surface area is 115 Å². The van der Waals surface area contributed by atoms with Gasteiger partial charge < -0.3 is 10.6 Å². The van der Waals surface area contributed by atoms with E-state index in [0.29, 0.717) is 30.1 Å². The molecule has 0 radical (unpaired) electrons. The van der Waals surface area contributed by atoms with E-state index < -0.39 is 0 Å². The standard InChI is InChI=1S/C12H15FN2O3S/c1-17-18-19-9-2-3-11(10(13)6-9)15-5-4-8(7-15)12(14)16/h2-3,6,8H,4-5,7H2,1H3,(H2,14,16)/t8-/m0/s1. The van der Waals surface area contributed by atoms with E-state index in [-0.39, 0.29) is 17.6 Å². The first-order valence-corrected chi connectivity index (χ1v) is 6.57. The molecule has 7 heteroatoms. The van der Waals surface area contributed by atoms with E-state index in [1.807, 2.05) is 4.90 Å². The van der Waals surface area contributed by atoms with Gasteiger partial charge in [0, 0.05) is 18.0 Å². The number of carbonyl (C=O) groups excluding carboxylic acids is 1. The van der Waals surface area contributed by atoms with Gasteiger partial charge in [-0.2, -0.15) is 4.33 Å². The first kappa shape index (κ1) is 14.1. The largest absolute Gasteiger partial charge is 0.369 e. The third-order valence-electron chi connectivity index (χ3n) is 3.05. The molecule has 104 valence electrons. The molecule has 0 aromatic heterocycles. The molecule has 0 saturated carbocycles. The SMILES string of the molecule is COOSc1ccc(N2CC[C@H](C(N)=O)C2)c(F)c1. The van der Waals surface area contributed by atoms with Crippen molar-refractivity contribution in [2.45, 2.75) is 11.3 Å². The second-order valence-electron chi connectivity index (χ2n) is 4.27. The average molecular weight is 286 g/mol. The molecule has 5 nitrogen and oxygen atoms in total. The van der Waals surface area contributed by atoms with Crippen molar-refractivity contribution in [1.82, 2.24) is 0 Å². The number of halogens is 1. The van der Waals surface area contributed by atoms with Gasteiger partial charge in [-0.05, 0) is 24.6 Å². The Kier molecular flexibility index (Phi) is 4.62. The fourth-order valence-corrected chi connectivity index (χ4v) is 2.50. The van der Waals surface area contributed by atoms with E-state index in [4.69, 9.17) is 5.73 Å². The molecule has 1 aliphatic rings. The van der Waals surface area contributed by atoms with Gasteiger partial charge in [0.25, 0.3) is 0 Å². The Morgan fingerprint density at radius 3 is 2.95 bits per heavy atom. The van der Waals surface area contributed by atoms with Gasteiger partial charge in [-0.15, -0.1) is 0 Å². The van der Waals surface area contributed by atoms with Crippen LogP contribution in [0.25, 0.3) is 0 Å². The highest BCUT2D eigenvalue weighted by atomic mass is 32.2. The van der Waals surface area contributed by atoms with Crippen LogP contribution in [0.1, 0.15) is 6.42 Å². The molecule has 1 amide bonds. The number of carbonyl (C=O) groups is 1. The summed E-state index contributed by atoms with van der Waals surface area (Å²) in [5.41, 5.74) is 5.74. The quantitative estimate of drug-likeness (QED) is 0.507. The number of benzene rings is 1.